The third-order valence-corrected chi connectivity index (χ3v) is 1.89. The first-order valence-electron chi connectivity index (χ1n) is 4.39. The lowest BCUT2D eigenvalue weighted by molar-refractivity contribution is 0.385. The van der Waals surface area contributed by atoms with Crippen LogP contribution in [0.3, 0.4) is 0 Å². The number of hydrogen-bond donors (Lipinski definition) is 1. The third kappa shape index (κ3) is 6.09. The van der Waals surface area contributed by atoms with Crippen LogP contribution in [0, 0.1) is 5.92 Å². The van der Waals surface area contributed by atoms with Gasteiger partial charge in [-0.05, 0) is 5.92 Å². The Hall–Kier alpha value is -0.0400. The summed E-state index contributed by atoms with van der Waals surface area (Å²) in [7, 11) is 0. The van der Waals surface area contributed by atoms with E-state index in [9.17, 15) is 0 Å². The summed E-state index contributed by atoms with van der Waals surface area (Å²) >= 11 is 0. The molecular formula is C9H23N. The molecule has 1 rings (SSSR count). The molecule has 0 aliphatic heterocycles. The Morgan fingerprint density at radius 3 is 1.50 bits per heavy atom. The second-order valence-electron chi connectivity index (χ2n) is 2.74. The highest BCUT2D eigenvalue weighted by Gasteiger charge is 2.05. The summed E-state index contributed by atoms with van der Waals surface area (Å²) in [5, 5.41) is 0. The lowest BCUT2D eigenvalue weighted by atomic mass is 9.91. The Balaban J connectivity index is 0. The summed E-state index contributed by atoms with van der Waals surface area (Å²) in [6.45, 7) is 6.36. The van der Waals surface area contributed by atoms with E-state index in [0.29, 0.717) is 0 Å². The van der Waals surface area contributed by atoms with Crippen molar-refractivity contribution in [3.8, 4) is 0 Å². The van der Waals surface area contributed by atoms with Gasteiger partial charge in [-0.3, -0.25) is 0 Å². The predicted octanol–water partition coefficient (Wildman–Crippen LogP) is 3.77. The van der Waals surface area contributed by atoms with E-state index in [2.05, 4.69) is 6.92 Å². The largest absolute Gasteiger partial charge is 0.344 e. The van der Waals surface area contributed by atoms with Crippen molar-refractivity contribution in [1.82, 2.24) is 6.15 Å². The lowest BCUT2D eigenvalue weighted by Gasteiger charge is -2.15. The molecule has 0 bridgehead atoms. The van der Waals surface area contributed by atoms with Crippen molar-refractivity contribution in [2.75, 3.05) is 0 Å². The monoisotopic (exact) mass is 145 g/mol. The highest BCUT2D eigenvalue weighted by atomic mass is 14.1. The number of hydrogen-bond acceptors (Lipinski definition) is 1. The maximum Gasteiger partial charge on any atom is -0.0443 e. The minimum atomic E-state index is 0. The minimum Gasteiger partial charge on any atom is -0.344 e. The maximum absolute atomic E-state index is 2.36. The Kier molecular flexibility index (Phi) is 11.3. The summed E-state index contributed by atoms with van der Waals surface area (Å²) in [6.07, 6.45) is 7.44. The van der Waals surface area contributed by atoms with Gasteiger partial charge in [-0.15, -0.1) is 0 Å². The van der Waals surface area contributed by atoms with Crippen LogP contribution in [0.4, 0.5) is 0 Å². The molecule has 0 radical (unpaired) electrons. The van der Waals surface area contributed by atoms with E-state index in [0.717, 1.165) is 5.92 Å². The van der Waals surface area contributed by atoms with Gasteiger partial charge in [-0.2, -0.15) is 0 Å². The molecule has 0 spiro atoms. The van der Waals surface area contributed by atoms with E-state index < -0.39 is 0 Å². The molecule has 1 nitrogen and oxygen atoms in total. The van der Waals surface area contributed by atoms with Crippen LogP contribution in [0.25, 0.3) is 0 Å². The van der Waals surface area contributed by atoms with Gasteiger partial charge >= 0.3 is 0 Å². The van der Waals surface area contributed by atoms with E-state index in [-0.39, 0.29) is 6.15 Å². The molecule has 0 aromatic carbocycles. The standard InChI is InChI=1S/C7H14.C2H6.H3N/c1-7-5-3-2-4-6-7;1-2;/h7H,2-6H2,1H3;1-2H3;1H3. The van der Waals surface area contributed by atoms with Crippen LogP contribution in [0.1, 0.15) is 52.9 Å². The quantitative estimate of drug-likeness (QED) is 0.553. The average Bonchev–Trinajstić information content (AvgIpc) is 1.94. The smallest absolute Gasteiger partial charge is 0.0443 e. The lowest BCUT2D eigenvalue weighted by Crippen LogP contribution is -1.99. The number of rotatable bonds is 0. The molecule has 0 heterocycles. The fraction of sp³-hybridized carbons (Fsp3) is 1.00. The molecule has 1 fully saturated rings. The molecule has 0 aromatic heterocycles. The van der Waals surface area contributed by atoms with E-state index in [1.165, 1.54) is 32.1 Å². The molecule has 10 heavy (non-hydrogen) atoms. The van der Waals surface area contributed by atoms with Crippen molar-refractivity contribution in [3.63, 3.8) is 0 Å². The Morgan fingerprint density at radius 1 is 0.900 bits per heavy atom. The van der Waals surface area contributed by atoms with Crippen molar-refractivity contribution in [3.05, 3.63) is 0 Å². The minimum absolute atomic E-state index is 0. The van der Waals surface area contributed by atoms with Gasteiger partial charge in [-0.25, -0.2) is 0 Å². The molecule has 1 aliphatic rings. The molecule has 64 valence electrons. The average molecular weight is 145 g/mol. The van der Waals surface area contributed by atoms with E-state index in [4.69, 9.17) is 0 Å². The first-order chi connectivity index (χ1) is 4.39. The highest BCUT2D eigenvalue weighted by molar-refractivity contribution is 4.59. The third-order valence-electron chi connectivity index (χ3n) is 1.89. The molecule has 1 aliphatic carbocycles. The summed E-state index contributed by atoms with van der Waals surface area (Å²) < 4.78 is 0. The van der Waals surface area contributed by atoms with Crippen molar-refractivity contribution in [1.29, 1.82) is 0 Å². The molecule has 1 saturated carbocycles. The molecular weight excluding hydrogens is 122 g/mol. The molecule has 3 N–H and O–H groups in total. The molecule has 0 saturated heterocycles. The van der Waals surface area contributed by atoms with E-state index in [1.807, 2.05) is 13.8 Å². The second kappa shape index (κ2) is 8.96. The fourth-order valence-corrected chi connectivity index (χ4v) is 1.31. The van der Waals surface area contributed by atoms with Crippen LogP contribution >= 0.6 is 0 Å². The van der Waals surface area contributed by atoms with Crippen molar-refractivity contribution in [2.45, 2.75) is 52.9 Å². The predicted molar refractivity (Wildman–Crippen MR) is 48.6 cm³/mol. The highest BCUT2D eigenvalue weighted by Crippen LogP contribution is 2.21. The van der Waals surface area contributed by atoms with Crippen molar-refractivity contribution >= 4 is 0 Å². The zero-order valence-electron chi connectivity index (χ0n) is 7.82. The Labute approximate surface area is 65.8 Å². The van der Waals surface area contributed by atoms with Crippen molar-refractivity contribution in [2.24, 2.45) is 5.92 Å². The molecule has 1 heteroatoms. The van der Waals surface area contributed by atoms with Gasteiger partial charge in [0.2, 0.25) is 0 Å². The topological polar surface area (TPSA) is 35.0 Å². The van der Waals surface area contributed by atoms with Crippen LogP contribution in [0.5, 0.6) is 0 Å². The normalized spacial score (nSPS) is 18.3. The van der Waals surface area contributed by atoms with E-state index in [1.54, 1.807) is 0 Å². The summed E-state index contributed by atoms with van der Waals surface area (Å²) in [4.78, 5) is 0. The molecule has 0 aromatic rings. The Bertz CT molecular complexity index is 46.7. The van der Waals surface area contributed by atoms with Crippen LogP contribution < -0.4 is 6.15 Å². The van der Waals surface area contributed by atoms with Gasteiger partial charge in [0.15, 0.2) is 0 Å². The maximum atomic E-state index is 2.36. The summed E-state index contributed by atoms with van der Waals surface area (Å²) in [5.41, 5.74) is 0. The fourth-order valence-electron chi connectivity index (χ4n) is 1.31. The van der Waals surface area contributed by atoms with Gasteiger partial charge in [0.25, 0.3) is 0 Å². The van der Waals surface area contributed by atoms with Crippen LogP contribution in [0.15, 0.2) is 0 Å². The molecule has 0 atom stereocenters. The van der Waals surface area contributed by atoms with Gasteiger partial charge in [0, 0.05) is 0 Å². The summed E-state index contributed by atoms with van der Waals surface area (Å²) in [6, 6.07) is 0. The zero-order valence-corrected chi connectivity index (χ0v) is 7.82. The first kappa shape index (κ1) is 12.6. The SMILES string of the molecule is CC.CC1CCCCC1.N. The zero-order chi connectivity index (χ0) is 7.11. The molecule has 0 unspecified atom stereocenters. The van der Waals surface area contributed by atoms with Crippen LogP contribution in [-0.2, 0) is 0 Å². The summed E-state index contributed by atoms with van der Waals surface area (Å²) in [5.74, 6) is 1.04. The van der Waals surface area contributed by atoms with Crippen molar-refractivity contribution < 1.29 is 0 Å². The van der Waals surface area contributed by atoms with Crippen LogP contribution in [0.2, 0.25) is 0 Å². The van der Waals surface area contributed by atoms with E-state index >= 15 is 0 Å². The van der Waals surface area contributed by atoms with Gasteiger partial charge in [0.1, 0.15) is 0 Å². The molecule has 0 amide bonds. The van der Waals surface area contributed by atoms with Crippen LogP contribution in [-0.4, -0.2) is 0 Å². The van der Waals surface area contributed by atoms with Gasteiger partial charge < -0.3 is 6.15 Å². The van der Waals surface area contributed by atoms with Gasteiger partial charge in [-0.1, -0.05) is 52.9 Å². The first-order valence-corrected chi connectivity index (χ1v) is 4.39. The second-order valence-corrected chi connectivity index (χ2v) is 2.74. The van der Waals surface area contributed by atoms with Gasteiger partial charge in [0.05, 0.1) is 0 Å². The Morgan fingerprint density at radius 2 is 1.30 bits per heavy atom.